The van der Waals surface area contributed by atoms with Crippen molar-refractivity contribution >= 4 is 39.9 Å². The maximum atomic E-state index is 13.2. The second-order valence-electron chi connectivity index (χ2n) is 8.90. The number of anilines is 2. The van der Waals surface area contributed by atoms with Gasteiger partial charge in [-0.15, -0.1) is 0 Å². The first-order valence-electron chi connectivity index (χ1n) is 11.6. The first-order chi connectivity index (χ1) is 16.5. The Hall–Kier alpha value is -3.35. The van der Waals surface area contributed by atoms with Crippen molar-refractivity contribution in [2.24, 2.45) is 0 Å². The van der Waals surface area contributed by atoms with Crippen molar-refractivity contribution in [2.45, 2.75) is 25.7 Å². The SMILES string of the molecule is Cc1c(C2CCN(C)CC2)nn(-c2ccccc2)c1NC(=O)Nc1ccc(Cl)c2ccccc12. The Bertz CT molecular complexity index is 1330. The molecule has 0 aliphatic carbocycles. The van der Waals surface area contributed by atoms with Gasteiger partial charge in [0.2, 0.25) is 0 Å². The van der Waals surface area contributed by atoms with Gasteiger partial charge < -0.3 is 10.2 Å². The van der Waals surface area contributed by atoms with E-state index in [4.69, 9.17) is 16.7 Å². The molecular weight excluding hydrogens is 446 g/mol. The lowest BCUT2D eigenvalue weighted by molar-refractivity contribution is 0.253. The molecule has 1 aromatic heterocycles. The van der Waals surface area contributed by atoms with Crippen LogP contribution in [0.1, 0.15) is 30.0 Å². The Balaban J connectivity index is 1.47. The van der Waals surface area contributed by atoms with E-state index < -0.39 is 0 Å². The van der Waals surface area contributed by atoms with E-state index in [1.54, 1.807) is 6.07 Å². The Morgan fingerprint density at radius 2 is 1.62 bits per heavy atom. The van der Waals surface area contributed by atoms with Crippen molar-refractivity contribution in [2.75, 3.05) is 30.8 Å². The summed E-state index contributed by atoms with van der Waals surface area (Å²) in [5.74, 6) is 1.07. The van der Waals surface area contributed by atoms with Gasteiger partial charge in [-0.3, -0.25) is 5.32 Å². The highest BCUT2D eigenvalue weighted by molar-refractivity contribution is 6.36. The molecule has 0 radical (unpaired) electrons. The van der Waals surface area contributed by atoms with Gasteiger partial charge in [0, 0.05) is 27.3 Å². The Morgan fingerprint density at radius 3 is 2.35 bits per heavy atom. The lowest BCUT2D eigenvalue weighted by atomic mass is 9.92. The number of para-hydroxylation sites is 1. The van der Waals surface area contributed by atoms with Crippen LogP contribution in [-0.2, 0) is 0 Å². The number of rotatable bonds is 4. The van der Waals surface area contributed by atoms with Crippen LogP contribution in [0, 0.1) is 6.92 Å². The summed E-state index contributed by atoms with van der Waals surface area (Å²) in [6, 6.07) is 21.0. The highest BCUT2D eigenvalue weighted by Crippen LogP contribution is 2.34. The molecule has 1 saturated heterocycles. The van der Waals surface area contributed by atoms with Gasteiger partial charge in [0.25, 0.3) is 0 Å². The molecule has 2 amide bonds. The molecule has 1 fully saturated rings. The molecule has 4 aromatic rings. The fourth-order valence-corrected chi connectivity index (χ4v) is 4.95. The zero-order valence-corrected chi connectivity index (χ0v) is 20.1. The largest absolute Gasteiger partial charge is 0.324 e. The average molecular weight is 474 g/mol. The van der Waals surface area contributed by atoms with Gasteiger partial charge in [0.1, 0.15) is 5.82 Å². The van der Waals surface area contributed by atoms with E-state index in [-0.39, 0.29) is 6.03 Å². The first kappa shape index (κ1) is 22.4. The zero-order valence-electron chi connectivity index (χ0n) is 19.4. The van der Waals surface area contributed by atoms with Crippen molar-refractivity contribution in [3.63, 3.8) is 0 Å². The number of benzene rings is 3. The van der Waals surface area contributed by atoms with Crippen LogP contribution < -0.4 is 10.6 Å². The lowest BCUT2D eigenvalue weighted by Crippen LogP contribution is -2.29. The van der Waals surface area contributed by atoms with E-state index in [0.29, 0.717) is 22.4 Å². The summed E-state index contributed by atoms with van der Waals surface area (Å²) in [6.45, 7) is 4.15. The number of hydrogen-bond acceptors (Lipinski definition) is 3. The first-order valence-corrected chi connectivity index (χ1v) is 12.0. The number of nitrogens with zero attached hydrogens (tertiary/aromatic N) is 3. The maximum absolute atomic E-state index is 13.2. The number of fused-ring (bicyclic) bond motifs is 1. The van der Waals surface area contributed by atoms with Gasteiger partial charge in [-0.2, -0.15) is 5.10 Å². The molecule has 34 heavy (non-hydrogen) atoms. The molecule has 0 unspecified atom stereocenters. The zero-order chi connectivity index (χ0) is 23.7. The van der Waals surface area contributed by atoms with Gasteiger partial charge in [-0.25, -0.2) is 9.48 Å². The third kappa shape index (κ3) is 4.39. The Kier molecular flexibility index (Phi) is 6.26. The molecule has 0 saturated carbocycles. The van der Waals surface area contributed by atoms with Gasteiger partial charge in [0.15, 0.2) is 0 Å². The quantitative estimate of drug-likeness (QED) is 0.358. The van der Waals surface area contributed by atoms with Gasteiger partial charge in [-0.1, -0.05) is 54.1 Å². The van der Waals surface area contributed by atoms with Crippen LogP contribution in [0.4, 0.5) is 16.3 Å². The molecule has 174 valence electrons. The normalized spacial score (nSPS) is 14.9. The summed E-state index contributed by atoms with van der Waals surface area (Å²) < 4.78 is 1.85. The van der Waals surface area contributed by atoms with Crippen molar-refractivity contribution in [3.05, 3.63) is 83.0 Å². The summed E-state index contributed by atoms with van der Waals surface area (Å²) in [5, 5.41) is 13.5. The summed E-state index contributed by atoms with van der Waals surface area (Å²) >= 11 is 6.35. The number of carbonyl (C=O) groups is 1. The van der Waals surface area contributed by atoms with E-state index in [1.165, 1.54) is 0 Å². The van der Waals surface area contributed by atoms with Crippen molar-refractivity contribution in [1.82, 2.24) is 14.7 Å². The standard InChI is InChI=1S/C27H28ClN5O/c1-18-25(19-14-16-32(2)17-15-19)31-33(20-8-4-3-5-9-20)26(18)30-27(34)29-24-13-12-23(28)21-10-6-7-11-22(21)24/h3-13,19H,14-17H2,1-2H3,(H2,29,30,34). The van der Waals surface area contributed by atoms with E-state index in [1.807, 2.05) is 72.3 Å². The second-order valence-corrected chi connectivity index (χ2v) is 9.31. The number of likely N-dealkylation sites (tertiary alicyclic amines) is 1. The molecule has 1 aliphatic rings. The molecule has 1 aliphatic heterocycles. The predicted molar refractivity (Wildman–Crippen MR) is 139 cm³/mol. The number of carbonyl (C=O) groups excluding carboxylic acids is 1. The summed E-state index contributed by atoms with van der Waals surface area (Å²) in [4.78, 5) is 15.5. The number of nitrogens with one attached hydrogen (secondary N) is 2. The highest BCUT2D eigenvalue weighted by atomic mass is 35.5. The van der Waals surface area contributed by atoms with Crippen LogP contribution in [0.3, 0.4) is 0 Å². The van der Waals surface area contributed by atoms with Crippen LogP contribution in [0.5, 0.6) is 0 Å². The molecule has 0 bridgehead atoms. The Morgan fingerprint density at radius 1 is 0.941 bits per heavy atom. The Labute approximate surface area is 204 Å². The van der Waals surface area contributed by atoms with E-state index in [0.717, 1.165) is 53.6 Å². The molecule has 3 aromatic carbocycles. The van der Waals surface area contributed by atoms with Gasteiger partial charge in [-0.05, 0) is 64.2 Å². The number of aromatic nitrogens is 2. The molecule has 7 heteroatoms. The molecule has 0 spiro atoms. The fraction of sp³-hybridized carbons (Fsp3) is 0.259. The molecular formula is C27H28ClN5O. The average Bonchev–Trinajstić information content (AvgIpc) is 3.18. The second kappa shape index (κ2) is 9.49. The minimum absolute atomic E-state index is 0.317. The number of urea groups is 1. The molecule has 2 heterocycles. The molecule has 6 nitrogen and oxygen atoms in total. The van der Waals surface area contributed by atoms with Crippen LogP contribution in [0.15, 0.2) is 66.7 Å². The minimum atomic E-state index is -0.317. The highest BCUT2D eigenvalue weighted by Gasteiger charge is 2.26. The molecule has 0 atom stereocenters. The van der Waals surface area contributed by atoms with Crippen molar-refractivity contribution in [1.29, 1.82) is 0 Å². The van der Waals surface area contributed by atoms with Crippen LogP contribution in [0.2, 0.25) is 5.02 Å². The number of hydrogen-bond donors (Lipinski definition) is 2. The summed E-state index contributed by atoms with van der Waals surface area (Å²) in [7, 11) is 2.16. The lowest BCUT2D eigenvalue weighted by Gasteiger charge is -2.28. The maximum Gasteiger partial charge on any atom is 0.324 e. The minimum Gasteiger partial charge on any atom is -0.307 e. The van der Waals surface area contributed by atoms with Crippen LogP contribution >= 0.6 is 11.6 Å². The topological polar surface area (TPSA) is 62.2 Å². The van der Waals surface area contributed by atoms with E-state index >= 15 is 0 Å². The molecule has 5 rings (SSSR count). The van der Waals surface area contributed by atoms with Gasteiger partial charge in [0.05, 0.1) is 17.1 Å². The third-order valence-corrected chi connectivity index (χ3v) is 6.95. The van der Waals surface area contributed by atoms with Crippen molar-refractivity contribution < 1.29 is 4.79 Å². The number of halogens is 1. The fourth-order valence-electron chi connectivity index (χ4n) is 4.72. The van der Waals surface area contributed by atoms with E-state index in [2.05, 4.69) is 22.6 Å². The smallest absolute Gasteiger partial charge is 0.307 e. The van der Waals surface area contributed by atoms with Crippen molar-refractivity contribution in [3.8, 4) is 5.69 Å². The number of piperidine rings is 1. The predicted octanol–water partition coefficient (Wildman–Crippen LogP) is 6.44. The van der Waals surface area contributed by atoms with E-state index in [9.17, 15) is 4.79 Å². The summed E-state index contributed by atoms with van der Waals surface area (Å²) in [6.07, 6.45) is 2.12. The van der Waals surface area contributed by atoms with Crippen LogP contribution in [0.25, 0.3) is 16.5 Å². The number of amides is 2. The molecule has 2 N–H and O–H groups in total. The van der Waals surface area contributed by atoms with Crippen LogP contribution in [-0.4, -0.2) is 40.8 Å². The van der Waals surface area contributed by atoms with Gasteiger partial charge >= 0.3 is 6.03 Å². The third-order valence-electron chi connectivity index (χ3n) is 6.62. The summed E-state index contributed by atoms with van der Waals surface area (Å²) in [5.41, 5.74) is 3.69. The monoisotopic (exact) mass is 473 g/mol.